The molecule has 3 aliphatic rings. The maximum atomic E-state index is 13.9. The van der Waals surface area contributed by atoms with Crippen molar-refractivity contribution in [1.29, 1.82) is 0 Å². The topological polar surface area (TPSA) is 93.9 Å². The molecule has 2 aromatic rings. The normalized spacial score (nSPS) is 26.8. The first kappa shape index (κ1) is 23.6. The monoisotopic (exact) mass is 472 g/mol. The highest BCUT2D eigenvalue weighted by molar-refractivity contribution is 5.98. The van der Waals surface area contributed by atoms with Gasteiger partial charge in [-0.3, -0.25) is 9.79 Å². The van der Waals surface area contributed by atoms with E-state index in [1.807, 2.05) is 35.2 Å². The summed E-state index contributed by atoms with van der Waals surface area (Å²) in [5.74, 6) is 1.15. The van der Waals surface area contributed by atoms with Crippen LogP contribution in [0.5, 0.6) is 0 Å². The Kier molecular flexibility index (Phi) is 6.91. The zero-order chi connectivity index (χ0) is 24.3. The highest BCUT2D eigenvalue weighted by atomic mass is 16.5. The number of carbonyl (C=O) groups excluding carboxylic acids is 1. The van der Waals surface area contributed by atoms with E-state index in [0.29, 0.717) is 31.5 Å². The zero-order valence-corrected chi connectivity index (χ0v) is 20.3. The van der Waals surface area contributed by atoms with Crippen LogP contribution in [-0.4, -0.2) is 48.1 Å². The number of nitrogens with two attached hydrogens (primary N) is 2. The van der Waals surface area contributed by atoms with Crippen LogP contribution < -0.4 is 11.5 Å². The Balaban J connectivity index is 1.39. The SMILES string of the molecule is NC(N)=NCCCCN(CC12CC=CCC1C1CC=CCC1O2)C(=O)c1ccc2ccccc2c1. The van der Waals surface area contributed by atoms with E-state index in [1.54, 1.807) is 0 Å². The molecule has 4 unspecified atom stereocenters. The number of nitrogens with zero attached hydrogens (tertiary/aromatic N) is 2. The van der Waals surface area contributed by atoms with Crippen molar-refractivity contribution in [1.82, 2.24) is 4.90 Å². The van der Waals surface area contributed by atoms with Gasteiger partial charge in [-0.15, -0.1) is 0 Å². The fourth-order valence-electron chi connectivity index (χ4n) is 6.18. The first-order valence-electron chi connectivity index (χ1n) is 12.9. The summed E-state index contributed by atoms with van der Waals surface area (Å²) in [5.41, 5.74) is 11.4. The number of aliphatic imine (C=N–C) groups is 1. The minimum Gasteiger partial charge on any atom is -0.370 e. The fraction of sp³-hybridized carbons (Fsp3) is 0.448. The zero-order valence-electron chi connectivity index (χ0n) is 20.3. The lowest BCUT2D eigenvalue weighted by atomic mass is 9.70. The van der Waals surface area contributed by atoms with Crippen LogP contribution in [0, 0.1) is 11.8 Å². The number of rotatable bonds is 8. The van der Waals surface area contributed by atoms with Crippen LogP contribution in [-0.2, 0) is 4.74 Å². The molecular formula is C29H36N4O2. The molecule has 1 heterocycles. The number of amides is 1. The molecule has 1 aliphatic heterocycles. The molecule has 0 radical (unpaired) electrons. The summed E-state index contributed by atoms with van der Waals surface area (Å²) in [4.78, 5) is 20.0. The van der Waals surface area contributed by atoms with Gasteiger partial charge in [0.05, 0.1) is 18.2 Å². The number of carbonyl (C=O) groups is 1. The largest absolute Gasteiger partial charge is 0.370 e. The number of hydrogen-bond donors (Lipinski definition) is 2. The predicted octanol–water partition coefficient (Wildman–Crippen LogP) is 4.41. The number of allylic oxidation sites excluding steroid dienone is 2. The molecule has 184 valence electrons. The summed E-state index contributed by atoms with van der Waals surface area (Å²) in [6, 6.07) is 14.2. The van der Waals surface area contributed by atoms with Crippen LogP contribution in [0.1, 0.15) is 48.9 Å². The minimum absolute atomic E-state index is 0.0665. The second kappa shape index (κ2) is 10.2. The molecule has 0 bridgehead atoms. The molecule has 5 rings (SSSR count). The van der Waals surface area contributed by atoms with Gasteiger partial charge in [-0.2, -0.15) is 0 Å². The van der Waals surface area contributed by atoms with E-state index in [-0.39, 0.29) is 23.6 Å². The van der Waals surface area contributed by atoms with E-state index >= 15 is 0 Å². The molecule has 35 heavy (non-hydrogen) atoms. The summed E-state index contributed by atoms with van der Waals surface area (Å²) < 4.78 is 6.85. The Morgan fingerprint density at radius 2 is 1.80 bits per heavy atom. The molecule has 1 saturated heterocycles. The molecule has 0 aromatic heterocycles. The maximum absolute atomic E-state index is 13.9. The molecule has 4 atom stereocenters. The number of ether oxygens (including phenoxy) is 1. The van der Waals surface area contributed by atoms with Gasteiger partial charge in [-0.1, -0.05) is 54.6 Å². The molecule has 2 aromatic carbocycles. The van der Waals surface area contributed by atoms with Gasteiger partial charge in [0.15, 0.2) is 5.96 Å². The van der Waals surface area contributed by atoms with Gasteiger partial charge in [0.2, 0.25) is 0 Å². The van der Waals surface area contributed by atoms with Crippen molar-refractivity contribution < 1.29 is 9.53 Å². The molecule has 2 aliphatic carbocycles. The Hall–Kier alpha value is -3.12. The molecule has 1 amide bonds. The van der Waals surface area contributed by atoms with Crippen LogP contribution in [0.2, 0.25) is 0 Å². The van der Waals surface area contributed by atoms with E-state index in [9.17, 15) is 4.79 Å². The summed E-state index contributed by atoms with van der Waals surface area (Å²) in [6.07, 6.45) is 15.0. The van der Waals surface area contributed by atoms with Gasteiger partial charge >= 0.3 is 0 Å². The quantitative estimate of drug-likeness (QED) is 0.258. The van der Waals surface area contributed by atoms with E-state index < -0.39 is 0 Å². The molecule has 4 N–H and O–H groups in total. The van der Waals surface area contributed by atoms with Crippen molar-refractivity contribution in [2.75, 3.05) is 19.6 Å². The van der Waals surface area contributed by atoms with Crippen LogP contribution in [0.15, 0.2) is 71.8 Å². The summed E-state index contributed by atoms with van der Waals surface area (Å²) in [5, 5.41) is 2.22. The van der Waals surface area contributed by atoms with Crippen molar-refractivity contribution >= 4 is 22.6 Å². The van der Waals surface area contributed by atoms with E-state index in [4.69, 9.17) is 16.2 Å². The Morgan fingerprint density at radius 3 is 2.66 bits per heavy atom. The molecule has 1 fully saturated rings. The van der Waals surface area contributed by atoms with Crippen LogP contribution in [0.25, 0.3) is 10.8 Å². The lowest BCUT2D eigenvalue weighted by Crippen LogP contribution is -2.50. The van der Waals surface area contributed by atoms with E-state index in [0.717, 1.165) is 54.9 Å². The average molecular weight is 473 g/mol. The van der Waals surface area contributed by atoms with Gasteiger partial charge in [0.1, 0.15) is 0 Å². The van der Waals surface area contributed by atoms with E-state index in [1.165, 1.54) is 0 Å². The lowest BCUT2D eigenvalue weighted by molar-refractivity contribution is -0.0733. The van der Waals surface area contributed by atoms with Gasteiger partial charge in [-0.25, -0.2) is 0 Å². The Labute approximate surface area is 207 Å². The van der Waals surface area contributed by atoms with Gasteiger partial charge in [0, 0.05) is 18.7 Å². The number of fused-ring (bicyclic) bond motifs is 4. The van der Waals surface area contributed by atoms with Crippen molar-refractivity contribution in [2.24, 2.45) is 28.3 Å². The number of guanidine groups is 1. The fourth-order valence-corrected chi connectivity index (χ4v) is 6.18. The second-order valence-electron chi connectivity index (χ2n) is 10.1. The maximum Gasteiger partial charge on any atom is 0.253 e. The van der Waals surface area contributed by atoms with Crippen LogP contribution >= 0.6 is 0 Å². The van der Waals surface area contributed by atoms with E-state index in [2.05, 4.69) is 41.4 Å². The van der Waals surface area contributed by atoms with Crippen LogP contribution in [0.3, 0.4) is 0 Å². The van der Waals surface area contributed by atoms with Gasteiger partial charge in [-0.05, 0) is 73.3 Å². The predicted molar refractivity (Wildman–Crippen MR) is 141 cm³/mol. The van der Waals surface area contributed by atoms with Crippen molar-refractivity contribution in [3.63, 3.8) is 0 Å². The smallest absolute Gasteiger partial charge is 0.253 e. The van der Waals surface area contributed by atoms with Crippen molar-refractivity contribution in [3.8, 4) is 0 Å². The minimum atomic E-state index is -0.317. The molecule has 0 saturated carbocycles. The molecule has 0 spiro atoms. The molecule has 6 heteroatoms. The number of benzene rings is 2. The summed E-state index contributed by atoms with van der Waals surface area (Å²) in [6.45, 7) is 1.84. The van der Waals surface area contributed by atoms with Crippen molar-refractivity contribution in [3.05, 3.63) is 72.3 Å². The van der Waals surface area contributed by atoms with Gasteiger partial charge < -0.3 is 21.1 Å². The standard InChI is InChI=1S/C29H36N4O2/c30-28(31)32-17-7-8-18-33(27(34)23-15-14-21-9-1-2-10-22(21)19-23)20-29-16-6-5-12-25(29)24-11-3-4-13-26(24)35-29/h1-6,9-10,14-15,19,24-26H,7-8,11-13,16-18,20H2,(H4,30,31,32). The first-order chi connectivity index (χ1) is 17.1. The first-order valence-corrected chi connectivity index (χ1v) is 12.9. The highest BCUT2D eigenvalue weighted by Crippen LogP contribution is 2.51. The average Bonchev–Trinajstić information content (AvgIpc) is 3.21. The van der Waals surface area contributed by atoms with Gasteiger partial charge in [0.25, 0.3) is 5.91 Å². The Morgan fingerprint density at radius 1 is 1.00 bits per heavy atom. The third-order valence-corrected chi connectivity index (χ3v) is 7.89. The Bertz CT molecular complexity index is 1150. The third kappa shape index (κ3) is 4.98. The van der Waals surface area contributed by atoms with Crippen molar-refractivity contribution in [2.45, 2.75) is 50.2 Å². The number of unbranched alkanes of at least 4 members (excludes halogenated alkanes) is 1. The molecular weight excluding hydrogens is 436 g/mol. The lowest BCUT2D eigenvalue weighted by Gasteiger charge is -2.41. The summed E-state index contributed by atoms with van der Waals surface area (Å²) >= 11 is 0. The van der Waals surface area contributed by atoms with Crippen LogP contribution in [0.4, 0.5) is 0 Å². The molecule has 6 nitrogen and oxygen atoms in total. The highest BCUT2D eigenvalue weighted by Gasteiger charge is 2.55. The third-order valence-electron chi connectivity index (χ3n) is 7.89. The second-order valence-corrected chi connectivity index (χ2v) is 10.1. The summed E-state index contributed by atoms with van der Waals surface area (Å²) in [7, 11) is 0. The number of hydrogen-bond acceptors (Lipinski definition) is 3.